The van der Waals surface area contributed by atoms with Crippen LogP contribution in [0.4, 0.5) is 0 Å². The largest absolute Gasteiger partial charge is 0.325 e. The molecule has 2 aromatic carbocycles. The van der Waals surface area contributed by atoms with Gasteiger partial charge in [-0.1, -0.05) is 78.9 Å². The van der Waals surface area contributed by atoms with Crippen LogP contribution in [0, 0.1) is 11.8 Å². The Balaban J connectivity index is 1.51. The van der Waals surface area contributed by atoms with Crippen LogP contribution in [-0.4, -0.2) is 68.5 Å². The Morgan fingerprint density at radius 2 is 1.59 bits per heavy atom. The summed E-state index contributed by atoms with van der Waals surface area (Å²) >= 11 is 0. The highest BCUT2D eigenvalue weighted by Gasteiger charge is 2.73. The third-order valence-electron chi connectivity index (χ3n) is 8.12. The van der Waals surface area contributed by atoms with Crippen LogP contribution in [0.2, 0.25) is 0 Å². The van der Waals surface area contributed by atoms with Crippen molar-refractivity contribution in [2.45, 2.75) is 24.5 Å². The molecule has 4 atom stereocenters. The smallest absolute Gasteiger partial charge is 0.250 e. The average Bonchev–Trinajstić information content (AvgIpc) is 3.38. The zero-order valence-corrected chi connectivity index (χ0v) is 21.5. The van der Waals surface area contributed by atoms with Crippen molar-refractivity contribution in [3.05, 3.63) is 108 Å². The van der Waals surface area contributed by atoms with Crippen LogP contribution in [0.25, 0.3) is 6.08 Å². The number of carbonyl (C=O) groups excluding carboxylic acids is 4. The SMILES string of the molecule is CN1C(=O)[C@H]2[C@@H](/C=C/c3ccccc3)N3C(=O)CN(Cc4ccccn4)C(=O)[C@@]3(Cc3ccccc3)[C@H]2C1=O. The van der Waals surface area contributed by atoms with E-state index in [-0.39, 0.29) is 37.2 Å². The van der Waals surface area contributed by atoms with Crippen LogP contribution in [-0.2, 0) is 32.1 Å². The number of benzene rings is 2. The Kier molecular flexibility index (Phi) is 6.10. The van der Waals surface area contributed by atoms with Crippen LogP contribution in [0.3, 0.4) is 0 Å². The van der Waals surface area contributed by atoms with Crippen molar-refractivity contribution in [1.82, 2.24) is 19.7 Å². The summed E-state index contributed by atoms with van der Waals surface area (Å²) in [5.74, 6) is -3.27. The minimum Gasteiger partial charge on any atom is -0.325 e. The molecule has 1 aromatic heterocycles. The monoisotopic (exact) mass is 520 g/mol. The van der Waals surface area contributed by atoms with E-state index < -0.39 is 29.3 Å². The summed E-state index contributed by atoms with van der Waals surface area (Å²) in [5, 5.41) is 0. The van der Waals surface area contributed by atoms with Crippen molar-refractivity contribution in [2.24, 2.45) is 11.8 Å². The van der Waals surface area contributed by atoms with E-state index in [0.717, 1.165) is 16.0 Å². The molecule has 0 aliphatic carbocycles. The van der Waals surface area contributed by atoms with Gasteiger partial charge in [-0.05, 0) is 23.3 Å². The number of fused-ring (bicyclic) bond motifs is 3. The maximum absolute atomic E-state index is 14.6. The summed E-state index contributed by atoms with van der Waals surface area (Å²) in [6.45, 7) is -0.0189. The molecule has 0 radical (unpaired) electrons. The molecule has 6 rings (SSSR count). The molecule has 0 spiro atoms. The van der Waals surface area contributed by atoms with Crippen LogP contribution in [0.5, 0.6) is 0 Å². The molecule has 3 aliphatic heterocycles. The normalized spacial score (nSPS) is 26.5. The van der Waals surface area contributed by atoms with Gasteiger partial charge in [0.2, 0.25) is 17.7 Å². The van der Waals surface area contributed by atoms with Crippen molar-refractivity contribution in [2.75, 3.05) is 13.6 Å². The molecule has 3 aliphatic rings. The molecule has 4 heterocycles. The van der Waals surface area contributed by atoms with Gasteiger partial charge in [0, 0.05) is 19.7 Å². The molecule has 8 heteroatoms. The number of carbonyl (C=O) groups is 4. The van der Waals surface area contributed by atoms with Crippen molar-refractivity contribution in [3.8, 4) is 0 Å². The fourth-order valence-electron chi connectivity index (χ4n) is 6.44. The van der Waals surface area contributed by atoms with Crippen LogP contribution >= 0.6 is 0 Å². The minimum absolute atomic E-state index is 0.126. The number of rotatable bonds is 6. The first-order chi connectivity index (χ1) is 18.9. The second kappa shape index (κ2) is 9.62. The minimum atomic E-state index is -1.54. The van der Waals surface area contributed by atoms with Gasteiger partial charge in [0.25, 0.3) is 5.91 Å². The van der Waals surface area contributed by atoms with Crippen molar-refractivity contribution in [3.63, 3.8) is 0 Å². The highest BCUT2D eigenvalue weighted by Crippen LogP contribution is 2.53. The Labute approximate surface area is 226 Å². The standard InChI is InChI=1S/C31H28N4O4/c1-33-28(37)26-24(16-15-21-10-4-2-5-11-21)35-25(36)20-34(19-23-14-8-9-17-32-23)30(39)31(35,27(26)29(33)38)18-22-12-6-3-7-13-22/h2-17,24,26-27H,18-20H2,1H3/b16-15+/t24-,26+,27-,31-/m1/s1. The maximum Gasteiger partial charge on any atom is 0.250 e. The van der Waals surface area contributed by atoms with Gasteiger partial charge in [0.1, 0.15) is 12.1 Å². The summed E-state index contributed by atoms with van der Waals surface area (Å²) in [7, 11) is 1.46. The van der Waals surface area contributed by atoms with Gasteiger partial charge in [-0.3, -0.25) is 29.1 Å². The molecule has 3 saturated heterocycles. The second-order valence-electron chi connectivity index (χ2n) is 10.3. The van der Waals surface area contributed by atoms with E-state index in [1.54, 1.807) is 23.2 Å². The van der Waals surface area contributed by atoms with Gasteiger partial charge in [-0.15, -0.1) is 0 Å². The van der Waals surface area contributed by atoms with Gasteiger partial charge in [-0.2, -0.15) is 0 Å². The molecule has 39 heavy (non-hydrogen) atoms. The van der Waals surface area contributed by atoms with Crippen LogP contribution in [0.15, 0.2) is 91.1 Å². The summed E-state index contributed by atoms with van der Waals surface area (Å²) in [6.07, 6.45) is 5.43. The number of likely N-dealkylation sites (tertiary alicyclic amines) is 1. The molecule has 3 fully saturated rings. The number of hydrogen-bond acceptors (Lipinski definition) is 5. The molecule has 8 nitrogen and oxygen atoms in total. The number of hydrogen-bond donors (Lipinski definition) is 0. The maximum atomic E-state index is 14.6. The van der Waals surface area contributed by atoms with E-state index in [2.05, 4.69) is 4.98 Å². The molecule has 3 aromatic rings. The van der Waals surface area contributed by atoms with E-state index in [1.165, 1.54) is 11.9 Å². The lowest BCUT2D eigenvalue weighted by molar-refractivity contribution is -0.168. The highest BCUT2D eigenvalue weighted by molar-refractivity contribution is 6.13. The number of aromatic nitrogens is 1. The topological polar surface area (TPSA) is 90.9 Å². The third kappa shape index (κ3) is 3.94. The van der Waals surface area contributed by atoms with E-state index in [0.29, 0.717) is 5.69 Å². The summed E-state index contributed by atoms with van der Waals surface area (Å²) in [6, 6.07) is 23.6. The van der Waals surface area contributed by atoms with Gasteiger partial charge in [0.15, 0.2) is 0 Å². The van der Waals surface area contributed by atoms with Crippen LogP contribution in [0.1, 0.15) is 16.8 Å². The van der Waals surface area contributed by atoms with Gasteiger partial charge < -0.3 is 9.80 Å². The fourth-order valence-corrected chi connectivity index (χ4v) is 6.44. The highest BCUT2D eigenvalue weighted by atomic mass is 16.2. The number of imide groups is 1. The Morgan fingerprint density at radius 3 is 2.28 bits per heavy atom. The lowest BCUT2D eigenvalue weighted by Gasteiger charge is -2.48. The van der Waals surface area contributed by atoms with Gasteiger partial charge in [-0.25, -0.2) is 0 Å². The molecular weight excluding hydrogens is 492 g/mol. The zero-order valence-electron chi connectivity index (χ0n) is 21.5. The first kappa shape index (κ1) is 24.7. The van der Waals surface area contributed by atoms with E-state index in [9.17, 15) is 19.2 Å². The molecule has 196 valence electrons. The van der Waals surface area contributed by atoms with Crippen LogP contribution < -0.4 is 0 Å². The first-order valence-electron chi connectivity index (χ1n) is 13.0. The number of piperazine rings is 1. The van der Waals surface area contributed by atoms with Gasteiger partial charge in [0.05, 0.1) is 30.1 Å². The quantitative estimate of drug-likeness (QED) is 0.466. The predicted molar refractivity (Wildman–Crippen MR) is 143 cm³/mol. The van der Waals surface area contributed by atoms with E-state index in [1.807, 2.05) is 78.9 Å². The summed E-state index contributed by atoms with van der Waals surface area (Å²) in [5.41, 5.74) is 0.805. The van der Waals surface area contributed by atoms with E-state index in [4.69, 9.17) is 0 Å². The predicted octanol–water partition coefficient (Wildman–Crippen LogP) is 2.56. The van der Waals surface area contributed by atoms with Crippen molar-refractivity contribution in [1.29, 1.82) is 0 Å². The summed E-state index contributed by atoms with van der Waals surface area (Å²) < 4.78 is 0. The summed E-state index contributed by atoms with van der Waals surface area (Å²) in [4.78, 5) is 64.4. The average molecular weight is 521 g/mol. The molecule has 0 saturated carbocycles. The van der Waals surface area contributed by atoms with Gasteiger partial charge >= 0.3 is 0 Å². The Morgan fingerprint density at radius 1 is 0.897 bits per heavy atom. The molecule has 0 N–H and O–H groups in total. The Hall–Kier alpha value is -4.59. The number of amides is 4. The zero-order chi connectivity index (χ0) is 27.1. The van der Waals surface area contributed by atoms with Crippen molar-refractivity contribution < 1.29 is 19.2 Å². The Bertz CT molecular complexity index is 1460. The van der Waals surface area contributed by atoms with E-state index >= 15 is 0 Å². The number of pyridine rings is 1. The fraction of sp³-hybridized carbons (Fsp3) is 0.258. The molecule has 4 amide bonds. The number of nitrogens with zero attached hydrogens (tertiary/aromatic N) is 4. The second-order valence-corrected chi connectivity index (χ2v) is 10.3. The molecule has 0 bridgehead atoms. The lowest BCUT2D eigenvalue weighted by atomic mass is 9.74. The van der Waals surface area contributed by atoms with Crippen molar-refractivity contribution >= 4 is 29.7 Å². The molecule has 0 unspecified atom stereocenters. The molecular formula is C31H28N4O4. The lowest BCUT2D eigenvalue weighted by Crippen LogP contribution is -2.70. The third-order valence-corrected chi connectivity index (χ3v) is 8.12. The first-order valence-corrected chi connectivity index (χ1v) is 13.0.